The maximum absolute atomic E-state index is 11.6. The summed E-state index contributed by atoms with van der Waals surface area (Å²) in [4.78, 5) is 21.3. The van der Waals surface area contributed by atoms with E-state index in [9.17, 15) is 4.79 Å². The van der Waals surface area contributed by atoms with E-state index in [0.29, 0.717) is 11.6 Å². The van der Waals surface area contributed by atoms with E-state index in [-0.39, 0.29) is 5.97 Å². The molecule has 0 radical (unpaired) electrons. The number of hydrogen-bond donors (Lipinski definition) is 0. The Bertz CT molecular complexity index is 1200. The van der Waals surface area contributed by atoms with E-state index < -0.39 is 0 Å². The molecule has 4 aromatic rings. The van der Waals surface area contributed by atoms with Crippen LogP contribution in [0.2, 0.25) is 0 Å². The summed E-state index contributed by atoms with van der Waals surface area (Å²) in [5.74, 6) is 0.650. The SMILES string of the molecule is CC(=O)Oc1cccc(C)c1-c1nc(-c2ccccc2C)c2ccccc2n1. The Hall–Kier alpha value is -3.53. The first-order valence-corrected chi connectivity index (χ1v) is 9.16. The van der Waals surface area contributed by atoms with Crippen LogP contribution in [0.5, 0.6) is 5.75 Å². The number of rotatable bonds is 3. The minimum Gasteiger partial charge on any atom is -0.426 e. The van der Waals surface area contributed by atoms with Crippen molar-refractivity contribution in [3.63, 3.8) is 0 Å². The topological polar surface area (TPSA) is 52.1 Å². The normalized spacial score (nSPS) is 10.8. The van der Waals surface area contributed by atoms with Gasteiger partial charge in [-0.15, -0.1) is 0 Å². The Balaban J connectivity index is 2.04. The zero-order valence-electron chi connectivity index (χ0n) is 16.1. The molecule has 0 fully saturated rings. The summed E-state index contributed by atoms with van der Waals surface area (Å²) in [6, 6.07) is 21.7. The Labute approximate surface area is 163 Å². The molecule has 0 atom stereocenters. The molecule has 0 unspecified atom stereocenters. The van der Waals surface area contributed by atoms with Crippen LogP contribution >= 0.6 is 0 Å². The Kier molecular flexibility index (Phi) is 4.62. The van der Waals surface area contributed by atoms with E-state index in [1.165, 1.54) is 6.92 Å². The first kappa shape index (κ1) is 17.9. The summed E-state index contributed by atoms with van der Waals surface area (Å²) in [5, 5.41) is 0.989. The van der Waals surface area contributed by atoms with Crippen molar-refractivity contribution in [1.29, 1.82) is 0 Å². The van der Waals surface area contributed by atoms with Gasteiger partial charge in [0.25, 0.3) is 0 Å². The van der Waals surface area contributed by atoms with Gasteiger partial charge < -0.3 is 4.74 Å². The third-order valence-corrected chi connectivity index (χ3v) is 4.72. The van der Waals surface area contributed by atoms with Crippen molar-refractivity contribution in [2.24, 2.45) is 0 Å². The summed E-state index contributed by atoms with van der Waals surface area (Å²) in [5.41, 5.74) is 5.61. The van der Waals surface area contributed by atoms with E-state index >= 15 is 0 Å². The Morgan fingerprint density at radius 1 is 0.821 bits per heavy atom. The molecule has 0 aliphatic heterocycles. The van der Waals surface area contributed by atoms with Gasteiger partial charge in [0.2, 0.25) is 0 Å². The highest BCUT2D eigenvalue weighted by atomic mass is 16.5. The fourth-order valence-corrected chi connectivity index (χ4v) is 3.40. The van der Waals surface area contributed by atoms with Gasteiger partial charge in [-0.05, 0) is 37.1 Å². The number of aromatic nitrogens is 2. The van der Waals surface area contributed by atoms with Crippen LogP contribution in [0.4, 0.5) is 0 Å². The molecule has 0 saturated heterocycles. The minimum atomic E-state index is -0.369. The van der Waals surface area contributed by atoms with Gasteiger partial charge in [-0.1, -0.05) is 54.6 Å². The van der Waals surface area contributed by atoms with E-state index in [4.69, 9.17) is 14.7 Å². The summed E-state index contributed by atoms with van der Waals surface area (Å²) in [7, 11) is 0. The van der Waals surface area contributed by atoms with E-state index in [1.807, 2.05) is 55.5 Å². The zero-order chi connectivity index (χ0) is 19.7. The number of ether oxygens (including phenoxy) is 1. The minimum absolute atomic E-state index is 0.369. The molecular weight excluding hydrogens is 348 g/mol. The molecule has 0 N–H and O–H groups in total. The highest BCUT2D eigenvalue weighted by molar-refractivity contribution is 5.94. The van der Waals surface area contributed by atoms with Gasteiger partial charge in [0.05, 0.1) is 16.8 Å². The lowest BCUT2D eigenvalue weighted by Crippen LogP contribution is -2.05. The number of fused-ring (bicyclic) bond motifs is 1. The lowest BCUT2D eigenvalue weighted by atomic mass is 10.0. The molecule has 3 aromatic carbocycles. The first-order valence-electron chi connectivity index (χ1n) is 9.16. The third kappa shape index (κ3) is 3.25. The number of carbonyl (C=O) groups is 1. The van der Waals surface area contributed by atoms with E-state index in [0.717, 1.165) is 38.9 Å². The molecule has 28 heavy (non-hydrogen) atoms. The van der Waals surface area contributed by atoms with Crippen LogP contribution in [0.15, 0.2) is 66.7 Å². The predicted octanol–water partition coefficient (Wildman–Crippen LogP) is 5.51. The molecule has 4 rings (SSSR count). The van der Waals surface area contributed by atoms with Gasteiger partial charge in [-0.25, -0.2) is 9.97 Å². The summed E-state index contributed by atoms with van der Waals surface area (Å²) < 4.78 is 5.44. The van der Waals surface area contributed by atoms with Gasteiger partial charge >= 0.3 is 5.97 Å². The van der Waals surface area contributed by atoms with Crippen molar-refractivity contribution in [1.82, 2.24) is 9.97 Å². The second kappa shape index (κ2) is 7.24. The fraction of sp³-hybridized carbons (Fsp3) is 0.125. The standard InChI is InChI=1S/C24H20N2O2/c1-15-9-4-5-11-18(15)23-19-12-6-7-13-20(19)25-24(26-23)22-16(2)10-8-14-21(22)28-17(3)27/h4-14H,1-3H3. The highest BCUT2D eigenvalue weighted by Crippen LogP contribution is 2.35. The first-order chi connectivity index (χ1) is 13.5. The number of aryl methyl sites for hydroxylation is 2. The van der Waals surface area contributed by atoms with Crippen LogP contribution in [-0.2, 0) is 4.79 Å². The second-order valence-corrected chi connectivity index (χ2v) is 6.77. The maximum atomic E-state index is 11.6. The summed E-state index contributed by atoms with van der Waals surface area (Å²) >= 11 is 0. The summed E-state index contributed by atoms with van der Waals surface area (Å²) in [6.07, 6.45) is 0. The molecule has 0 aliphatic rings. The molecule has 0 bridgehead atoms. The monoisotopic (exact) mass is 368 g/mol. The molecule has 0 spiro atoms. The van der Waals surface area contributed by atoms with Gasteiger partial charge in [0.15, 0.2) is 5.82 Å². The molecule has 4 heteroatoms. The molecule has 0 aliphatic carbocycles. The molecule has 0 amide bonds. The number of para-hydroxylation sites is 1. The van der Waals surface area contributed by atoms with Gasteiger partial charge in [0, 0.05) is 17.9 Å². The Morgan fingerprint density at radius 2 is 1.54 bits per heavy atom. The van der Waals surface area contributed by atoms with Crippen LogP contribution in [0.25, 0.3) is 33.5 Å². The second-order valence-electron chi connectivity index (χ2n) is 6.77. The number of carbonyl (C=O) groups excluding carboxylic acids is 1. The molecular formula is C24H20N2O2. The summed E-state index contributed by atoms with van der Waals surface area (Å²) in [6.45, 7) is 5.43. The fourth-order valence-electron chi connectivity index (χ4n) is 3.40. The highest BCUT2D eigenvalue weighted by Gasteiger charge is 2.18. The third-order valence-electron chi connectivity index (χ3n) is 4.72. The average molecular weight is 368 g/mol. The quantitative estimate of drug-likeness (QED) is 0.354. The van der Waals surface area contributed by atoms with Crippen LogP contribution in [0, 0.1) is 13.8 Å². The van der Waals surface area contributed by atoms with Crippen molar-refractivity contribution < 1.29 is 9.53 Å². The molecule has 0 saturated carbocycles. The largest absolute Gasteiger partial charge is 0.426 e. The molecule has 1 aromatic heterocycles. The van der Waals surface area contributed by atoms with Crippen molar-refractivity contribution in [2.75, 3.05) is 0 Å². The van der Waals surface area contributed by atoms with Gasteiger partial charge in [-0.2, -0.15) is 0 Å². The maximum Gasteiger partial charge on any atom is 0.308 e. The molecule has 138 valence electrons. The van der Waals surface area contributed by atoms with Gasteiger partial charge in [-0.3, -0.25) is 4.79 Å². The van der Waals surface area contributed by atoms with Gasteiger partial charge in [0.1, 0.15) is 5.75 Å². The van der Waals surface area contributed by atoms with Crippen molar-refractivity contribution in [3.8, 4) is 28.4 Å². The number of esters is 1. The lowest BCUT2D eigenvalue weighted by Gasteiger charge is -2.14. The zero-order valence-corrected chi connectivity index (χ0v) is 16.1. The van der Waals surface area contributed by atoms with Crippen LogP contribution in [0.1, 0.15) is 18.1 Å². The Morgan fingerprint density at radius 3 is 2.32 bits per heavy atom. The van der Waals surface area contributed by atoms with Crippen LogP contribution in [-0.4, -0.2) is 15.9 Å². The molecule has 4 nitrogen and oxygen atoms in total. The molecule has 1 heterocycles. The van der Waals surface area contributed by atoms with Crippen molar-refractivity contribution in [3.05, 3.63) is 77.9 Å². The average Bonchev–Trinajstić information content (AvgIpc) is 2.67. The van der Waals surface area contributed by atoms with E-state index in [2.05, 4.69) is 19.1 Å². The lowest BCUT2D eigenvalue weighted by molar-refractivity contribution is -0.131. The smallest absolute Gasteiger partial charge is 0.308 e. The number of benzene rings is 3. The van der Waals surface area contributed by atoms with Crippen LogP contribution < -0.4 is 4.74 Å². The predicted molar refractivity (Wildman–Crippen MR) is 111 cm³/mol. The number of hydrogen-bond acceptors (Lipinski definition) is 4. The number of nitrogens with zero attached hydrogens (tertiary/aromatic N) is 2. The van der Waals surface area contributed by atoms with Crippen molar-refractivity contribution >= 4 is 16.9 Å². The van der Waals surface area contributed by atoms with Crippen molar-refractivity contribution in [2.45, 2.75) is 20.8 Å². The van der Waals surface area contributed by atoms with E-state index in [1.54, 1.807) is 6.07 Å². The van der Waals surface area contributed by atoms with Crippen LogP contribution in [0.3, 0.4) is 0 Å².